The number of carbonyl (C=O) groups is 1. The topological polar surface area (TPSA) is 120 Å². The van der Waals surface area contributed by atoms with Gasteiger partial charge in [0.05, 0.1) is 23.4 Å². The maximum Gasteiger partial charge on any atom is 0.259 e. The van der Waals surface area contributed by atoms with Crippen LogP contribution in [0.3, 0.4) is 0 Å². The van der Waals surface area contributed by atoms with Crippen LogP contribution in [0.1, 0.15) is 32.3 Å². The third-order valence-electron chi connectivity index (χ3n) is 4.66. The zero-order chi connectivity index (χ0) is 22.7. The molecule has 10 heteroatoms. The third kappa shape index (κ3) is 4.47. The molecule has 0 saturated heterocycles. The van der Waals surface area contributed by atoms with Gasteiger partial charge in [-0.3, -0.25) is 4.68 Å². The number of nitriles is 1. The van der Waals surface area contributed by atoms with E-state index >= 15 is 0 Å². The number of carbonyl (C=O) groups excluding carboxylic acids is 1. The van der Waals surface area contributed by atoms with E-state index in [2.05, 4.69) is 48.9 Å². The highest BCUT2D eigenvalue weighted by Crippen LogP contribution is 2.31. The van der Waals surface area contributed by atoms with Gasteiger partial charge in [-0.25, -0.2) is 4.98 Å². The number of benzene rings is 1. The van der Waals surface area contributed by atoms with E-state index < -0.39 is 0 Å². The summed E-state index contributed by atoms with van der Waals surface area (Å²) in [5.41, 5.74) is 2.63. The fourth-order valence-corrected chi connectivity index (χ4v) is 3.88. The highest BCUT2D eigenvalue weighted by molar-refractivity contribution is 14.1. The number of aldehydes is 1. The molecule has 0 aliphatic rings. The number of pyridine rings is 1. The Morgan fingerprint density at radius 3 is 2.91 bits per heavy atom. The Morgan fingerprint density at radius 1 is 1.31 bits per heavy atom. The van der Waals surface area contributed by atoms with E-state index in [1.54, 1.807) is 18.5 Å². The molecule has 0 radical (unpaired) electrons. The highest BCUT2D eigenvalue weighted by atomic mass is 127. The van der Waals surface area contributed by atoms with Crippen LogP contribution in [0.25, 0.3) is 33.7 Å². The molecule has 0 atom stereocenters. The summed E-state index contributed by atoms with van der Waals surface area (Å²) in [7, 11) is 0. The SMILES string of the molecule is CC(C)Oc1ncc(-c2nc(-c3cc4cnn(CCCC=O)c4cc3I)no2)cc1C#N. The molecule has 0 spiro atoms. The number of nitrogens with zero attached hydrogens (tertiary/aromatic N) is 6. The summed E-state index contributed by atoms with van der Waals surface area (Å²) in [5.74, 6) is 0.970. The molecule has 9 nitrogen and oxygen atoms in total. The first-order valence-corrected chi connectivity index (χ1v) is 11.1. The van der Waals surface area contributed by atoms with Crippen molar-refractivity contribution in [3.05, 3.63) is 39.7 Å². The lowest BCUT2D eigenvalue weighted by atomic mass is 10.1. The summed E-state index contributed by atoms with van der Waals surface area (Å²) in [5, 5.41) is 18.9. The third-order valence-corrected chi connectivity index (χ3v) is 5.55. The molecule has 0 unspecified atom stereocenters. The number of aryl methyl sites for hydroxylation is 1. The van der Waals surface area contributed by atoms with Gasteiger partial charge in [0, 0.05) is 33.7 Å². The van der Waals surface area contributed by atoms with Crippen molar-refractivity contribution in [3.63, 3.8) is 0 Å². The van der Waals surface area contributed by atoms with Gasteiger partial charge < -0.3 is 14.1 Å². The quantitative estimate of drug-likeness (QED) is 0.183. The summed E-state index contributed by atoms with van der Waals surface area (Å²) in [6.07, 6.45) is 5.41. The van der Waals surface area contributed by atoms with Crippen LogP contribution in [0, 0.1) is 14.9 Å². The van der Waals surface area contributed by atoms with Crippen molar-refractivity contribution in [2.45, 2.75) is 39.3 Å². The first-order chi connectivity index (χ1) is 15.5. The second-order valence-corrected chi connectivity index (χ2v) is 8.51. The highest BCUT2D eigenvalue weighted by Gasteiger charge is 2.17. The summed E-state index contributed by atoms with van der Waals surface area (Å²) in [4.78, 5) is 19.3. The van der Waals surface area contributed by atoms with Crippen molar-refractivity contribution in [1.82, 2.24) is 24.9 Å². The van der Waals surface area contributed by atoms with Crippen LogP contribution in [-0.2, 0) is 11.3 Å². The minimum absolute atomic E-state index is 0.0955. The predicted octanol–water partition coefficient (Wildman–Crippen LogP) is 4.39. The van der Waals surface area contributed by atoms with Crippen LogP contribution in [0.4, 0.5) is 0 Å². The Kier molecular flexibility index (Phi) is 6.45. The van der Waals surface area contributed by atoms with E-state index in [1.807, 2.05) is 30.7 Å². The van der Waals surface area contributed by atoms with Crippen LogP contribution < -0.4 is 4.74 Å². The second-order valence-electron chi connectivity index (χ2n) is 7.35. The van der Waals surface area contributed by atoms with Crippen LogP contribution in [-0.4, -0.2) is 37.3 Å². The molecule has 162 valence electrons. The standard InChI is InChI=1S/C22H19IN6O3/c1-13(2)31-21-14(10-24)7-16(11-25-21)22-27-20(28-32-22)17-8-15-12-26-29(5-3-4-6-30)19(15)9-18(17)23/h6-9,11-13H,3-5H2,1-2H3. The second kappa shape index (κ2) is 9.44. The Bertz CT molecular complexity index is 1320. The number of aromatic nitrogens is 5. The van der Waals surface area contributed by atoms with Gasteiger partial charge in [0.15, 0.2) is 0 Å². The predicted molar refractivity (Wildman–Crippen MR) is 125 cm³/mol. The molecule has 0 fully saturated rings. The van der Waals surface area contributed by atoms with Gasteiger partial charge in [0.25, 0.3) is 5.89 Å². The zero-order valence-corrected chi connectivity index (χ0v) is 19.6. The molecule has 0 aliphatic heterocycles. The van der Waals surface area contributed by atoms with E-state index in [9.17, 15) is 10.1 Å². The van der Waals surface area contributed by atoms with E-state index in [0.29, 0.717) is 29.9 Å². The fourth-order valence-electron chi connectivity index (χ4n) is 3.19. The van der Waals surface area contributed by atoms with Crippen molar-refractivity contribution < 1.29 is 14.1 Å². The molecular weight excluding hydrogens is 523 g/mol. The minimum atomic E-state index is -0.0955. The number of fused-ring (bicyclic) bond motifs is 1. The van der Waals surface area contributed by atoms with Gasteiger partial charge in [-0.15, -0.1) is 0 Å². The largest absolute Gasteiger partial charge is 0.474 e. The summed E-state index contributed by atoms with van der Waals surface area (Å²) >= 11 is 2.23. The maximum atomic E-state index is 10.6. The molecule has 0 bridgehead atoms. The molecule has 0 saturated carbocycles. The molecule has 4 rings (SSSR count). The molecule has 32 heavy (non-hydrogen) atoms. The van der Waals surface area contributed by atoms with Crippen molar-refractivity contribution in [2.24, 2.45) is 0 Å². The molecule has 1 aromatic carbocycles. The van der Waals surface area contributed by atoms with Gasteiger partial charge in [-0.1, -0.05) is 5.16 Å². The van der Waals surface area contributed by atoms with Gasteiger partial charge in [0.2, 0.25) is 11.7 Å². The number of ether oxygens (including phenoxy) is 1. The van der Waals surface area contributed by atoms with Crippen LogP contribution in [0.2, 0.25) is 0 Å². The number of unbranched alkanes of at least 4 members (excludes halogenated alkanes) is 1. The lowest BCUT2D eigenvalue weighted by Gasteiger charge is -2.09. The smallest absolute Gasteiger partial charge is 0.259 e. The van der Waals surface area contributed by atoms with Crippen molar-refractivity contribution in [2.75, 3.05) is 0 Å². The first-order valence-electron chi connectivity index (χ1n) is 10.00. The summed E-state index contributed by atoms with van der Waals surface area (Å²) < 4.78 is 13.9. The summed E-state index contributed by atoms with van der Waals surface area (Å²) in [6, 6.07) is 7.70. The van der Waals surface area contributed by atoms with E-state index in [1.165, 1.54) is 0 Å². The Labute approximate surface area is 197 Å². The Hall–Kier alpha value is -3.33. The molecule has 0 amide bonds. The maximum absolute atomic E-state index is 10.6. The van der Waals surface area contributed by atoms with Gasteiger partial charge in [-0.2, -0.15) is 15.3 Å². The van der Waals surface area contributed by atoms with Crippen molar-refractivity contribution in [3.8, 4) is 34.8 Å². The Balaban J connectivity index is 1.64. The zero-order valence-electron chi connectivity index (χ0n) is 17.4. The van der Waals surface area contributed by atoms with E-state index in [0.717, 1.165) is 32.7 Å². The van der Waals surface area contributed by atoms with Gasteiger partial charge in [0.1, 0.15) is 17.9 Å². The van der Waals surface area contributed by atoms with Gasteiger partial charge in [-0.05, 0) is 61.1 Å². The van der Waals surface area contributed by atoms with Gasteiger partial charge >= 0.3 is 0 Å². The number of hydrogen-bond donors (Lipinski definition) is 0. The summed E-state index contributed by atoms with van der Waals surface area (Å²) in [6.45, 7) is 4.41. The number of rotatable bonds is 8. The molecular formula is C22H19IN6O3. The average molecular weight is 542 g/mol. The lowest BCUT2D eigenvalue weighted by molar-refractivity contribution is -0.107. The molecule has 0 aliphatic carbocycles. The van der Waals surface area contributed by atoms with Crippen LogP contribution in [0.5, 0.6) is 5.88 Å². The molecule has 3 heterocycles. The monoisotopic (exact) mass is 542 g/mol. The molecule has 0 N–H and O–H groups in total. The van der Waals surface area contributed by atoms with E-state index in [4.69, 9.17) is 9.26 Å². The molecule has 4 aromatic rings. The fraction of sp³-hybridized carbons (Fsp3) is 0.273. The first kappa shape index (κ1) is 21.9. The van der Waals surface area contributed by atoms with Crippen LogP contribution >= 0.6 is 22.6 Å². The molecule has 3 aromatic heterocycles. The van der Waals surface area contributed by atoms with Crippen molar-refractivity contribution in [1.29, 1.82) is 5.26 Å². The Morgan fingerprint density at radius 2 is 2.16 bits per heavy atom. The van der Waals surface area contributed by atoms with Crippen LogP contribution in [0.15, 0.2) is 35.1 Å². The average Bonchev–Trinajstić information content (AvgIpc) is 3.41. The minimum Gasteiger partial charge on any atom is -0.474 e. The normalized spacial score (nSPS) is 11.1. The number of hydrogen-bond acceptors (Lipinski definition) is 8. The van der Waals surface area contributed by atoms with Crippen molar-refractivity contribution >= 4 is 39.8 Å². The number of halogens is 1. The van der Waals surface area contributed by atoms with E-state index in [-0.39, 0.29) is 17.9 Å². The lowest BCUT2D eigenvalue weighted by Crippen LogP contribution is -2.08.